The second-order valence-corrected chi connectivity index (χ2v) is 5.38. The second kappa shape index (κ2) is 7.85. The molecule has 0 aliphatic carbocycles. The van der Waals surface area contributed by atoms with Gasteiger partial charge in [0.1, 0.15) is 6.61 Å². The Balaban J connectivity index is 2.20. The minimum atomic E-state index is -0.144. The van der Waals surface area contributed by atoms with Crippen LogP contribution in [0, 0.1) is 0 Å². The molecule has 0 aliphatic rings. The number of rotatable bonds is 6. The zero-order chi connectivity index (χ0) is 11.8. The number of benzene rings is 1. The number of alkyl halides is 2. The first-order valence-electron chi connectivity index (χ1n) is 5.12. The zero-order valence-electron chi connectivity index (χ0n) is 8.86. The smallest absolute Gasteiger partial charge is 0.306 e. The van der Waals surface area contributed by atoms with Crippen molar-refractivity contribution in [2.24, 2.45) is 0 Å². The van der Waals surface area contributed by atoms with E-state index >= 15 is 0 Å². The highest BCUT2D eigenvalue weighted by Crippen LogP contribution is 2.11. The maximum atomic E-state index is 11.4. The van der Waals surface area contributed by atoms with Crippen molar-refractivity contribution in [3.63, 3.8) is 0 Å². The molecule has 1 aromatic rings. The summed E-state index contributed by atoms with van der Waals surface area (Å²) < 4.78 is 5.15. The summed E-state index contributed by atoms with van der Waals surface area (Å²) in [5.74, 6) is -0.144. The van der Waals surface area contributed by atoms with E-state index in [1.807, 2.05) is 30.3 Å². The number of hydrogen-bond acceptors (Lipinski definition) is 2. The highest BCUT2D eigenvalue weighted by Gasteiger charge is 2.07. The number of halogens is 2. The van der Waals surface area contributed by atoms with Crippen LogP contribution >= 0.6 is 31.9 Å². The van der Waals surface area contributed by atoms with Crippen molar-refractivity contribution in [3.8, 4) is 0 Å². The van der Waals surface area contributed by atoms with Gasteiger partial charge in [0.05, 0.1) is 0 Å². The van der Waals surface area contributed by atoms with Gasteiger partial charge in [-0.3, -0.25) is 4.79 Å². The molecule has 1 atom stereocenters. The molecule has 0 amide bonds. The van der Waals surface area contributed by atoms with E-state index in [1.165, 1.54) is 0 Å². The number of hydrogen-bond donors (Lipinski definition) is 0. The van der Waals surface area contributed by atoms with Crippen LogP contribution in [0.1, 0.15) is 18.4 Å². The van der Waals surface area contributed by atoms with E-state index in [-0.39, 0.29) is 5.97 Å². The largest absolute Gasteiger partial charge is 0.461 e. The second-order valence-electron chi connectivity index (χ2n) is 3.44. The van der Waals surface area contributed by atoms with Gasteiger partial charge in [0.2, 0.25) is 0 Å². The van der Waals surface area contributed by atoms with E-state index < -0.39 is 0 Å². The van der Waals surface area contributed by atoms with E-state index in [0.717, 1.165) is 17.3 Å². The summed E-state index contributed by atoms with van der Waals surface area (Å²) in [5, 5.41) is 0.846. The molecule has 0 radical (unpaired) electrons. The van der Waals surface area contributed by atoms with Crippen LogP contribution in [0.2, 0.25) is 0 Å². The van der Waals surface area contributed by atoms with Gasteiger partial charge in [-0.15, -0.1) is 0 Å². The molecule has 0 bridgehead atoms. The third-order valence-electron chi connectivity index (χ3n) is 2.07. The molecular formula is C12H14Br2O2. The van der Waals surface area contributed by atoms with Crippen molar-refractivity contribution < 1.29 is 9.53 Å². The van der Waals surface area contributed by atoms with Crippen molar-refractivity contribution in [2.75, 3.05) is 5.33 Å². The van der Waals surface area contributed by atoms with Crippen LogP contribution in [-0.2, 0) is 16.1 Å². The topological polar surface area (TPSA) is 26.3 Å². The Morgan fingerprint density at radius 2 is 2.00 bits per heavy atom. The monoisotopic (exact) mass is 348 g/mol. The van der Waals surface area contributed by atoms with Gasteiger partial charge in [0, 0.05) is 16.6 Å². The average Bonchev–Trinajstić information content (AvgIpc) is 2.34. The highest BCUT2D eigenvalue weighted by molar-refractivity contribution is 9.12. The fourth-order valence-corrected chi connectivity index (χ4v) is 1.71. The molecule has 0 saturated heterocycles. The van der Waals surface area contributed by atoms with Crippen LogP contribution in [0.4, 0.5) is 0 Å². The summed E-state index contributed by atoms with van der Waals surface area (Å²) in [5.41, 5.74) is 1.02. The minimum Gasteiger partial charge on any atom is -0.461 e. The molecule has 0 aromatic heterocycles. The first kappa shape index (κ1) is 13.7. The lowest BCUT2D eigenvalue weighted by Gasteiger charge is -2.06. The molecule has 4 heteroatoms. The summed E-state index contributed by atoms with van der Waals surface area (Å²) >= 11 is 6.79. The number of esters is 1. The maximum Gasteiger partial charge on any atom is 0.306 e. The Hall–Kier alpha value is -0.350. The lowest BCUT2D eigenvalue weighted by atomic mass is 10.2. The molecule has 0 aliphatic heterocycles. The number of carbonyl (C=O) groups excluding carboxylic acids is 1. The number of carbonyl (C=O) groups is 1. The number of ether oxygens (including phenoxy) is 1. The SMILES string of the molecule is O=C(CCC(Br)CBr)OCc1ccccc1. The quantitative estimate of drug-likeness (QED) is 0.578. The average molecular weight is 350 g/mol. The molecule has 0 fully saturated rings. The Kier molecular flexibility index (Phi) is 6.73. The predicted molar refractivity (Wildman–Crippen MR) is 72.0 cm³/mol. The summed E-state index contributed by atoms with van der Waals surface area (Å²) in [6.07, 6.45) is 1.24. The van der Waals surface area contributed by atoms with E-state index in [0.29, 0.717) is 17.9 Å². The van der Waals surface area contributed by atoms with Crippen molar-refractivity contribution in [3.05, 3.63) is 35.9 Å². The van der Waals surface area contributed by atoms with E-state index in [9.17, 15) is 4.79 Å². The molecule has 16 heavy (non-hydrogen) atoms. The molecule has 0 heterocycles. The summed E-state index contributed by atoms with van der Waals surface area (Å²) in [7, 11) is 0. The van der Waals surface area contributed by atoms with Gasteiger partial charge < -0.3 is 4.74 Å². The Labute approximate surface area is 113 Å². The van der Waals surface area contributed by atoms with Gasteiger partial charge in [-0.1, -0.05) is 62.2 Å². The van der Waals surface area contributed by atoms with Crippen LogP contribution in [0.25, 0.3) is 0 Å². The molecule has 2 nitrogen and oxygen atoms in total. The van der Waals surface area contributed by atoms with Crippen LogP contribution < -0.4 is 0 Å². The van der Waals surface area contributed by atoms with E-state index in [1.54, 1.807) is 0 Å². The van der Waals surface area contributed by atoms with Crippen molar-refractivity contribution in [1.29, 1.82) is 0 Å². The predicted octanol–water partition coefficient (Wildman–Crippen LogP) is 3.67. The summed E-state index contributed by atoms with van der Waals surface area (Å²) in [6.45, 7) is 0.362. The molecule has 1 unspecified atom stereocenters. The first-order chi connectivity index (χ1) is 7.72. The Morgan fingerprint density at radius 1 is 1.31 bits per heavy atom. The molecule has 0 spiro atoms. The van der Waals surface area contributed by atoms with Crippen LogP contribution in [0.5, 0.6) is 0 Å². The molecule has 0 N–H and O–H groups in total. The molecular weight excluding hydrogens is 336 g/mol. The highest BCUT2D eigenvalue weighted by atomic mass is 79.9. The van der Waals surface area contributed by atoms with Crippen LogP contribution in [-0.4, -0.2) is 16.1 Å². The van der Waals surface area contributed by atoms with Gasteiger partial charge in [0.15, 0.2) is 0 Å². The molecule has 88 valence electrons. The van der Waals surface area contributed by atoms with E-state index in [4.69, 9.17) is 4.74 Å². The normalized spacial score (nSPS) is 12.1. The van der Waals surface area contributed by atoms with E-state index in [2.05, 4.69) is 31.9 Å². The molecule has 1 aromatic carbocycles. The Morgan fingerprint density at radius 3 is 2.62 bits per heavy atom. The van der Waals surface area contributed by atoms with Gasteiger partial charge >= 0.3 is 5.97 Å². The summed E-state index contributed by atoms with van der Waals surface area (Å²) in [4.78, 5) is 11.7. The van der Waals surface area contributed by atoms with Crippen LogP contribution in [0.3, 0.4) is 0 Å². The maximum absolute atomic E-state index is 11.4. The van der Waals surface area contributed by atoms with Crippen molar-refractivity contribution >= 4 is 37.8 Å². The lowest BCUT2D eigenvalue weighted by Crippen LogP contribution is -2.08. The van der Waals surface area contributed by atoms with Gasteiger partial charge in [0.25, 0.3) is 0 Å². The zero-order valence-corrected chi connectivity index (χ0v) is 12.0. The molecule has 0 saturated carbocycles. The summed E-state index contributed by atoms with van der Waals surface area (Å²) in [6, 6.07) is 9.69. The third kappa shape index (κ3) is 5.66. The van der Waals surface area contributed by atoms with Crippen molar-refractivity contribution in [2.45, 2.75) is 24.3 Å². The fourth-order valence-electron chi connectivity index (χ4n) is 1.16. The first-order valence-corrected chi connectivity index (χ1v) is 7.15. The Bertz CT molecular complexity index is 314. The lowest BCUT2D eigenvalue weighted by molar-refractivity contribution is -0.145. The standard InChI is InChI=1S/C12H14Br2O2/c13-8-11(14)6-7-12(15)16-9-10-4-2-1-3-5-10/h1-5,11H,6-9H2. The fraction of sp³-hybridized carbons (Fsp3) is 0.417. The molecule has 1 rings (SSSR count). The third-order valence-corrected chi connectivity index (χ3v) is 4.50. The minimum absolute atomic E-state index is 0.144. The van der Waals surface area contributed by atoms with Gasteiger partial charge in [-0.2, -0.15) is 0 Å². The van der Waals surface area contributed by atoms with Crippen molar-refractivity contribution in [1.82, 2.24) is 0 Å². The van der Waals surface area contributed by atoms with Crippen LogP contribution in [0.15, 0.2) is 30.3 Å². The van der Waals surface area contributed by atoms with Gasteiger partial charge in [-0.05, 0) is 12.0 Å². The van der Waals surface area contributed by atoms with Gasteiger partial charge in [-0.25, -0.2) is 0 Å².